The monoisotopic (exact) mass is 520 g/mol. The fourth-order valence-electron chi connectivity index (χ4n) is 5.90. The molecular weight excluding hydrogens is 476 g/mol. The number of ether oxygens (including phenoxy) is 1. The third-order valence-corrected chi connectivity index (χ3v) is 8.10. The smallest absolute Gasteiger partial charge is 0.322 e. The van der Waals surface area contributed by atoms with Crippen LogP contribution >= 0.6 is 0 Å². The van der Waals surface area contributed by atoms with Gasteiger partial charge >= 0.3 is 12.0 Å². The molecule has 0 saturated heterocycles. The highest BCUT2D eigenvalue weighted by Crippen LogP contribution is 2.39. The van der Waals surface area contributed by atoms with E-state index in [0.29, 0.717) is 31.3 Å². The number of hydrogen-bond donors (Lipinski definition) is 2. The van der Waals surface area contributed by atoms with Crippen LogP contribution in [0.3, 0.4) is 0 Å². The Labute approximate surface area is 227 Å². The van der Waals surface area contributed by atoms with Crippen LogP contribution in [0.2, 0.25) is 0 Å². The van der Waals surface area contributed by atoms with Gasteiger partial charge in [0.05, 0.1) is 12.2 Å². The zero-order valence-corrected chi connectivity index (χ0v) is 23.1. The zero-order chi connectivity index (χ0) is 26.9. The summed E-state index contributed by atoms with van der Waals surface area (Å²) in [6, 6.07) is 14.8. The van der Waals surface area contributed by atoms with E-state index in [1.807, 2.05) is 24.0 Å². The molecule has 6 nitrogen and oxygen atoms in total. The summed E-state index contributed by atoms with van der Waals surface area (Å²) in [6.07, 6.45) is 11.5. The van der Waals surface area contributed by atoms with Crippen LogP contribution in [0.25, 0.3) is 11.1 Å². The molecule has 206 valence electrons. The molecule has 0 aromatic heterocycles. The van der Waals surface area contributed by atoms with Crippen molar-refractivity contribution in [3.63, 3.8) is 0 Å². The highest BCUT2D eigenvalue weighted by molar-refractivity contribution is 5.94. The summed E-state index contributed by atoms with van der Waals surface area (Å²) < 4.78 is 6.15. The first-order valence-corrected chi connectivity index (χ1v) is 14.6. The van der Waals surface area contributed by atoms with Crippen molar-refractivity contribution >= 4 is 17.7 Å². The van der Waals surface area contributed by atoms with Crippen LogP contribution in [0.5, 0.6) is 5.75 Å². The SMILES string of the molecule is CCCCCCCCNC(=O)N1CC(C)Oc2cc(-c3ccc([C@H]4CC[C@H](CC(=O)O)CC4)cc3)ccc21. The molecule has 0 bridgehead atoms. The van der Waals surface area contributed by atoms with Gasteiger partial charge in [-0.25, -0.2) is 4.79 Å². The lowest BCUT2D eigenvalue weighted by molar-refractivity contribution is -0.138. The third-order valence-electron chi connectivity index (χ3n) is 8.10. The molecular formula is C32H44N2O4. The lowest BCUT2D eigenvalue weighted by atomic mass is 9.77. The summed E-state index contributed by atoms with van der Waals surface area (Å²) in [5.74, 6) is 0.887. The van der Waals surface area contributed by atoms with E-state index in [1.54, 1.807) is 0 Å². The van der Waals surface area contributed by atoms with E-state index >= 15 is 0 Å². The van der Waals surface area contributed by atoms with Gasteiger partial charge in [-0.3, -0.25) is 9.69 Å². The molecule has 1 saturated carbocycles. The highest BCUT2D eigenvalue weighted by Gasteiger charge is 2.28. The molecule has 4 rings (SSSR count). The molecule has 0 radical (unpaired) electrons. The topological polar surface area (TPSA) is 78.9 Å². The summed E-state index contributed by atoms with van der Waals surface area (Å²) in [6.45, 7) is 5.47. The summed E-state index contributed by atoms with van der Waals surface area (Å²) in [5.41, 5.74) is 4.35. The maximum Gasteiger partial charge on any atom is 0.322 e. The van der Waals surface area contributed by atoms with Gasteiger partial charge in [-0.1, -0.05) is 69.4 Å². The maximum atomic E-state index is 13.0. The summed E-state index contributed by atoms with van der Waals surface area (Å²) >= 11 is 0. The van der Waals surface area contributed by atoms with E-state index in [-0.39, 0.29) is 12.1 Å². The second-order valence-corrected chi connectivity index (χ2v) is 11.2. The molecule has 2 aromatic carbocycles. The number of carbonyl (C=O) groups is 2. The maximum absolute atomic E-state index is 13.0. The molecule has 1 heterocycles. The number of carboxylic acids is 1. The lowest BCUT2D eigenvalue weighted by Gasteiger charge is -2.33. The predicted molar refractivity (Wildman–Crippen MR) is 153 cm³/mol. The van der Waals surface area contributed by atoms with E-state index in [9.17, 15) is 9.59 Å². The van der Waals surface area contributed by atoms with Crippen molar-refractivity contribution in [3.8, 4) is 16.9 Å². The van der Waals surface area contributed by atoms with Gasteiger partial charge in [0.25, 0.3) is 0 Å². The number of aliphatic carboxylic acids is 1. The number of amides is 2. The largest absolute Gasteiger partial charge is 0.487 e. The second kappa shape index (κ2) is 13.7. The lowest BCUT2D eigenvalue weighted by Crippen LogP contribution is -2.47. The van der Waals surface area contributed by atoms with Crippen LogP contribution in [0, 0.1) is 5.92 Å². The van der Waals surface area contributed by atoms with Gasteiger partial charge in [-0.2, -0.15) is 0 Å². The fourth-order valence-corrected chi connectivity index (χ4v) is 5.90. The zero-order valence-electron chi connectivity index (χ0n) is 23.1. The molecule has 1 aliphatic heterocycles. The Hall–Kier alpha value is -3.02. The molecule has 1 unspecified atom stereocenters. The normalized spacial score (nSPS) is 20.9. The van der Waals surface area contributed by atoms with Crippen LogP contribution in [0.4, 0.5) is 10.5 Å². The first-order chi connectivity index (χ1) is 18.4. The number of urea groups is 1. The van der Waals surface area contributed by atoms with E-state index < -0.39 is 5.97 Å². The van der Waals surface area contributed by atoms with Gasteiger partial charge < -0.3 is 15.2 Å². The molecule has 6 heteroatoms. The minimum absolute atomic E-state index is 0.0508. The Kier molecular flexibility index (Phi) is 10.1. The number of nitrogens with zero attached hydrogens (tertiary/aromatic N) is 1. The van der Waals surface area contributed by atoms with Crippen molar-refractivity contribution in [2.45, 2.75) is 96.5 Å². The molecule has 38 heavy (non-hydrogen) atoms. The first-order valence-electron chi connectivity index (χ1n) is 14.6. The Bertz CT molecular complexity index is 1060. The summed E-state index contributed by atoms with van der Waals surface area (Å²) in [4.78, 5) is 25.8. The van der Waals surface area contributed by atoms with Gasteiger partial charge in [0.1, 0.15) is 11.9 Å². The van der Waals surface area contributed by atoms with Crippen molar-refractivity contribution in [1.29, 1.82) is 0 Å². The Morgan fingerprint density at radius 3 is 2.34 bits per heavy atom. The molecule has 1 aliphatic carbocycles. The van der Waals surface area contributed by atoms with Crippen molar-refractivity contribution in [2.75, 3.05) is 18.0 Å². The van der Waals surface area contributed by atoms with Crippen molar-refractivity contribution in [3.05, 3.63) is 48.0 Å². The quantitative estimate of drug-likeness (QED) is 0.297. The minimum atomic E-state index is -0.682. The van der Waals surface area contributed by atoms with E-state index in [4.69, 9.17) is 9.84 Å². The molecule has 2 amide bonds. The number of rotatable bonds is 11. The van der Waals surface area contributed by atoms with Crippen LogP contribution in [-0.2, 0) is 4.79 Å². The van der Waals surface area contributed by atoms with Gasteiger partial charge in [-0.05, 0) is 79.7 Å². The van der Waals surface area contributed by atoms with Crippen molar-refractivity contribution in [2.24, 2.45) is 5.92 Å². The molecule has 2 aliphatic rings. The van der Waals surface area contributed by atoms with Gasteiger partial charge in [0.2, 0.25) is 0 Å². The number of benzene rings is 2. The van der Waals surface area contributed by atoms with Crippen LogP contribution in [0.15, 0.2) is 42.5 Å². The van der Waals surface area contributed by atoms with E-state index in [2.05, 4.69) is 42.6 Å². The number of carbonyl (C=O) groups excluding carboxylic acids is 1. The average Bonchev–Trinajstić information content (AvgIpc) is 2.92. The number of unbranched alkanes of at least 4 members (excludes halogenated alkanes) is 5. The number of fused-ring (bicyclic) bond motifs is 1. The Balaban J connectivity index is 1.35. The first kappa shape index (κ1) is 28.0. The van der Waals surface area contributed by atoms with Gasteiger partial charge in [0, 0.05) is 13.0 Å². The highest BCUT2D eigenvalue weighted by atomic mass is 16.5. The third kappa shape index (κ3) is 7.52. The molecule has 1 atom stereocenters. The predicted octanol–water partition coefficient (Wildman–Crippen LogP) is 7.76. The van der Waals surface area contributed by atoms with Crippen molar-refractivity contribution in [1.82, 2.24) is 5.32 Å². The van der Waals surface area contributed by atoms with Gasteiger partial charge in [-0.15, -0.1) is 0 Å². The number of anilines is 1. The van der Waals surface area contributed by atoms with Crippen LogP contribution in [-0.4, -0.2) is 36.3 Å². The van der Waals surface area contributed by atoms with E-state index in [0.717, 1.165) is 61.1 Å². The Morgan fingerprint density at radius 2 is 1.63 bits per heavy atom. The van der Waals surface area contributed by atoms with Crippen molar-refractivity contribution < 1.29 is 19.4 Å². The molecule has 1 fully saturated rings. The number of hydrogen-bond acceptors (Lipinski definition) is 3. The fraction of sp³-hybridized carbons (Fsp3) is 0.562. The second-order valence-electron chi connectivity index (χ2n) is 11.2. The minimum Gasteiger partial charge on any atom is -0.487 e. The number of carboxylic acid groups (broad SMARTS) is 1. The molecule has 2 N–H and O–H groups in total. The molecule has 2 aromatic rings. The summed E-state index contributed by atoms with van der Waals surface area (Å²) in [7, 11) is 0. The number of nitrogens with one attached hydrogen (secondary N) is 1. The van der Waals surface area contributed by atoms with Gasteiger partial charge in [0.15, 0.2) is 0 Å². The average molecular weight is 521 g/mol. The van der Waals surface area contributed by atoms with Crippen LogP contribution < -0.4 is 15.0 Å². The van der Waals surface area contributed by atoms with E-state index in [1.165, 1.54) is 31.2 Å². The molecule has 0 spiro atoms. The summed E-state index contributed by atoms with van der Waals surface area (Å²) in [5, 5.41) is 12.2. The standard InChI is InChI=1S/C32H44N2O4/c1-3-4-5-6-7-8-19-33-32(37)34-22-23(2)38-30-21-28(17-18-29(30)34)27-15-13-26(14-16-27)25-11-9-24(10-12-25)20-31(35)36/h13-18,21,23-25H,3-12,19-20,22H2,1-2H3,(H,33,37)(H,35,36)/t23?,24-,25-. The van der Waals surface area contributed by atoms with Crippen LogP contribution in [0.1, 0.15) is 96.0 Å². The Morgan fingerprint density at radius 1 is 0.947 bits per heavy atom.